The SMILES string of the molecule is [CH]1CCCC12CCCCCCC2. The molecule has 0 amide bonds. The minimum absolute atomic E-state index is 0.723. The highest BCUT2D eigenvalue weighted by molar-refractivity contribution is 4.97. The number of rotatable bonds is 0. The molecule has 0 aromatic carbocycles. The summed E-state index contributed by atoms with van der Waals surface area (Å²) in [6.07, 6.45) is 17.5. The van der Waals surface area contributed by atoms with Crippen LogP contribution in [0.25, 0.3) is 0 Å². The Hall–Kier alpha value is 0. The van der Waals surface area contributed by atoms with Gasteiger partial charge in [-0.15, -0.1) is 0 Å². The van der Waals surface area contributed by atoms with Crippen molar-refractivity contribution < 1.29 is 0 Å². The van der Waals surface area contributed by atoms with E-state index < -0.39 is 0 Å². The maximum atomic E-state index is 2.65. The lowest BCUT2D eigenvalue weighted by atomic mass is 9.75. The monoisotopic (exact) mass is 165 g/mol. The molecule has 0 atom stereocenters. The zero-order valence-corrected chi connectivity index (χ0v) is 8.15. The maximum absolute atomic E-state index is 2.65. The first-order chi connectivity index (χ1) is 5.91. The van der Waals surface area contributed by atoms with E-state index >= 15 is 0 Å². The molecular weight excluding hydrogens is 144 g/mol. The molecule has 0 aromatic rings. The van der Waals surface area contributed by atoms with E-state index in [1.165, 1.54) is 64.2 Å². The van der Waals surface area contributed by atoms with Crippen LogP contribution in [0, 0.1) is 11.8 Å². The van der Waals surface area contributed by atoms with E-state index in [1.807, 2.05) is 0 Å². The quantitative estimate of drug-likeness (QED) is 0.507. The number of hydrogen-bond donors (Lipinski definition) is 0. The van der Waals surface area contributed by atoms with Crippen molar-refractivity contribution in [2.45, 2.75) is 64.2 Å². The van der Waals surface area contributed by atoms with Crippen molar-refractivity contribution in [3.8, 4) is 0 Å². The summed E-state index contributed by atoms with van der Waals surface area (Å²) in [5.41, 5.74) is 0.723. The average Bonchev–Trinajstić information content (AvgIpc) is 2.47. The fourth-order valence-electron chi connectivity index (χ4n) is 3.03. The first-order valence-corrected chi connectivity index (χ1v) is 5.76. The van der Waals surface area contributed by atoms with Crippen molar-refractivity contribution in [3.63, 3.8) is 0 Å². The van der Waals surface area contributed by atoms with Gasteiger partial charge in [-0.05, 0) is 37.5 Å². The molecule has 1 radical (unpaired) electrons. The van der Waals surface area contributed by atoms with Crippen LogP contribution in [0.5, 0.6) is 0 Å². The lowest BCUT2D eigenvalue weighted by Crippen LogP contribution is -2.18. The second-order valence-electron chi connectivity index (χ2n) is 4.73. The molecule has 2 rings (SSSR count). The van der Waals surface area contributed by atoms with Gasteiger partial charge in [0.25, 0.3) is 0 Å². The van der Waals surface area contributed by atoms with Crippen molar-refractivity contribution in [2.75, 3.05) is 0 Å². The highest BCUT2D eigenvalue weighted by Crippen LogP contribution is 2.46. The zero-order valence-electron chi connectivity index (χ0n) is 8.15. The summed E-state index contributed by atoms with van der Waals surface area (Å²) in [5, 5.41) is 0. The van der Waals surface area contributed by atoms with Crippen molar-refractivity contribution in [1.29, 1.82) is 0 Å². The molecule has 0 unspecified atom stereocenters. The Morgan fingerprint density at radius 3 is 1.83 bits per heavy atom. The smallest absolute Gasteiger partial charge is 0.0266 e. The molecule has 12 heavy (non-hydrogen) atoms. The summed E-state index contributed by atoms with van der Waals surface area (Å²) in [5.74, 6) is 0. The Labute approximate surface area is 76.7 Å². The van der Waals surface area contributed by atoms with Crippen molar-refractivity contribution in [2.24, 2.45) is 5.41 Å². The average molecular weight is 165 g/mol. The summed E-state index contributed by atoms with van der Waals surface area (Å²) in [6.45, 7) is 0. The summed E-state index contributed by atoms with van der Waals surface area (Å²) in [7, 11) is 0. The molecule has 0 N–H and O–H groups in total. The third-order valence-electron chi connectivity index (χ3n) is 3.81. The van der Waals surface area contributed by atoms with Crippen LogP contribution >= 0.6 is 0 Å². The van der Waals surface area contributed by atoms with E-state index in [2.05, 4.69) is 6.42 Å². The van der Waals surface area contributed by atoms with Crippen LogP contribution in [0.4, 0.5) is 0 Å². The molecule has 0 heteroatoms. The maximum Gasteiger partial charge on any atom is -0.0266 e. The Bertz CT molecular complexity index is 121. The second kappa shape index (κ2) is 3.81. The van der Waals surface area contributed by atoms with Gasteiger partial charge in [-0.25, -0.2) is 0 Å². The topological polar surface area (TPSA) is 0 Å². The minimum atomic E-state index is 0.723. The van der Waals surface area contributed by atoms with Gasteiger partial charge in [-0.1, -0.05) is 38.5 Å². The summed E-state index contributed by atoms with van der Waals surface area (Å²) in [4.78, 5) is 0. The molecule has 0 aromatic heterocycles. The standard InChI is InChI=1S/C12H21/c1-2-4-8-12(9-5-3-1)10-6-7-11-12/h10H,1-9,11H2. The van der Waals surface area contributed by atoms with E-state index in [4.69, 9.17) is 0 Å². The molecule has 0 bridgehead atoms. The molecule has 69 valence electrons. The molecule has 0 heterocycles. The predicted molar refractivity (Wildman–Crippen MR) is 52.9 cm³/mol. The van der Waals surface area contributed by atoms with Gasteiger partial charge >= 0.3 is 0 Å². The van der Waals surface area contributed by atoms with Crippen LogP contribution < -0.4 is 0 Å². The largest absolute Gasteiger partial charge is 0.0533 e. The molecule has 1 spiro atoms. The van der Waals surface area contributed by atoms with Crippen LogP contribution in [-0.2, 0) is 0 Å². The predicted octanol–water partition coefficient (Wildman–Crippen LogP) is 4.11. The normalized spacial score (nSPS) is 30.0. The summed E-state index contributed by atoms with van der Waals surface area (Å²) in [6, 6.07) is 0. The molecule has 0 saturated heterocycles. The van der Waals surface area contributed by atoms with E-state index in [1.54, 1.807) is 0 Å². The Morgan fingerprint density at radius 1 is 0.667 bits per heavy atom. The molecular formula is C12H21. The summed E-state index contributed by atoms with van der Waals surface area (Å²) < 4.78 is 0. The van der Waals surface area contributed by atoms with E-state index in [0.29, 0.717) is 0 Å². The van der Waals surface area contributed by atoms with Gasteiger partial charge < -0.3 is 0 Å². The van der Waals surface area contributed by atoms with Crippen LogP contribution in [0.15, 0.2) is 0 Å². The molecule has 2 aliphatic carbocycles. The minimum Gasteiger partial charge on any atom is -0.0533 e. The second-order valence-corrected chi connectivity index (χ2v) is 4.73. The van der Waals surface area contributed by atoms with Crippen LogP contribution in [0.3, 0.4) is 0 Å². The molecule has 0 nitrogen and oxygen atoms in total. The lowest BCUT2D eigenvalue weighted by molar-refractivity contribution is 0.264. The first-order valence-electron chi connectivity index (χ1n) is 5.76. The van der Waals surface area contributed by atoms with Crippen molar-refractivity contribution in [3.05, 3.63) is 6.42 Å². The first kappa shape index (κ1) is 8.59. The van der Waals surface area contributed by atoms with Crippen LogP contribution in [0.2, 0.25) is 0 Å². The summed E-state index contributed by atoms with van der Waals surface area (Å²) >= 11 is 0. The van der Waals surface area contributed by atoms with Crippen LogP contribution in [0.1, 0.15) is 64.2 Å². The van der Waals surface area contributed by atoms with Gasteiger partial charge in [0.05, 0.1) is 0 Å². The third kappa shape index (κ3) is 1.84. The van der Waals surface area contributed by atoms with Crippen molar-refractivity contribution >= 4 is 0 Å². The van der Waals surface area contributed by atoms with E-state index in [9.17, 15) is 0 Å². The molecule has 0 aliphatic heterocycles. The fourth-order valence-corrected chi connectivity index (χ4v) is 3.03. The zero-order chi connectivity index (χ0) is 8.28. The molecule has 2 aliphatic rings. The van der Waals surface area contributed by atoms with Gasteiger partial charge in [0.2, 0.25) is 0 Å². The van der Waals surface area contributed by atoms with Crippen LogP contribution in [-0.4, -0.2) is 0 Å². The Morgan fingerprint density at radius 2 is 1.25 bits per heavy atom. The van der Waals surface area contributed by atoms with Gasteiger partial charge in [0.1, 0.15) is 0 Å². The third-order valence-corrected chi connectivity index (χ3v) is 3.81. The van der Waals surface area contributed by atoms with Gasteiger partial charge in [0.15, 0.2) is 0 Å². The van der Waals surface area contributed by atoms with Gasteiger partial charge in [-0.3, -0.25) is 0 Å². The Balaban J connectivity index is 1.92. The van der Waals surface area contributed by atoms with Gasteiger partial charge in [-0.2, -0.15) is 0 Å². The fraction of sp³-hybridized carbons (Fsp3) is 0.917. The van der Waals surface area contributed by atoms with Crippen molar-refractivity contribution in [1.82, 2.24) is 0 Å². The molecule has 2 fully saturated rings. The highest BCUT2D eigenvalue weighted by Gasteiger charge is 2.33. The van der Waals surface area contributed by atoms with Gasteiger partial charge in [0, 0.05) is 0 Å². The highest BCUT2D eigenvalue weighted by atomic mass is 14.4. The molecule has 2 saturated carbocycles. The Kier molecular flexibility index (Phi) is 2.73. The van der Waals surface area contributed by atoms with E-state index in [0.717, 1.165) is 5.41 Å². The van der Waals surface area contributed by atoms with E-state index in [-0.39, 0.29) is 0 Å². The number of hydrogen-bond acceptors (Lipinski definition) is 0. The lowest BCUT2D eigenvalue weighted by Gasteiger charge is -2.30.